The van der Waals surface area contributed by atoms with Crippen molar-refractivity contribution < 1.29 is 4.79 Å². The quantitative estimate of drug-likeness (QED) is 0.544. The van der Waals surface area contributed by atoms with E-state index < -0.39 is 0 Å². The molecule has 6 heteroatoms. The molecule has 0 spiro atoms. The number of nitrogens with zero attached hydrogens (tertiary/aromatic N) is 3. The summed E-state index contributed by atoms with van der Waals surface area (Å²) in [5, 5.41) is 7.44. The molecule has 0 aliphatic rings. The summed E-state index contributed by atoms with van der Waals surface area (Å²) in [6.45, 7) is 8.69. The number of nitrogens with one attached hydrogen (secondary N) is 2. The third-order valence-corrected chi connectivity index (χ3v) is 5.18. The first-order chi connectivity index (χ1) is 13.9. The molecule has 6 nitrogen and oxygen atoms in total. The number of amides is 1. The molecular weight excluding hydrogens is 362 g/mol. The lowest BCUT2D eigenvalue weighted by Crippen LogP contribution is -2.25. The third kappa shape index (κ3) is 3.92. The number of aromatic amines is 1. The van der Waals surface area contributed by atoms with Crippen LogP contribution in [0.25, 0.3) is 16.7 Å². The minimum absolute atomic E-state index is 0.0901. The first-order valence-electron chi connectivity index (χ1n) is 9.78. The highest BCUT2D eigenvalue weighted by Gasteiger charge is 2.09. The van der Waals surface area contributed by atoms with E-state index in [9.17, 15) is 4.79 Å². The lowest BCUT2D eigenvalue weighted by molar-refractivity contribution is 0.0954. The van der Waals surface area contributed by atoms with E-state index >= 15 is 0 Å². The highest BCUT2D eigenvalue weighted by molar-refractivity contribution is 5.94. The van der Waals surface area contributed by atoms with Crippen molar-refractivity contribution in [1.82, 2.24) is 25.1 Å². The second-order valence-electron chi connectivity index (χ2n) is 7.53. The average molecular weight is 387 g/mol. The first-order valence-corrected chi connectivity index (χ1v) is 9.78. The van der Waals surface area contributed by atoms with E-state index in [4.69, 9.17) is 0 Å². The predicted molar refractivity (Wildman–Crippen MR) is 115 cm³/mol. The summed E-state index contributed by atoms with van der Waals surface area (Å²) in [5.74, 6) is 0.790. The minimum Gasteiger partial charge on any atom is -0.352 e. The summed E-state index contributed by atoms with van der Waals surface area (Å²) in [7, 11) is 0. The minimum atomic E-state index is -0.0901. The molecule has 148 valence electrons. The third-order valence-electron chi connectivity index (χ3n) is 5.18. The molecule has 0 bridgehead atoms. The van der Waals surface area contributed by atoms with Gasteiger partial charge in [0.1, 0.15) is 5.82 Å². The topological polar surface area (TPSA) is 75.6 Å². The van der Waals surface area contributed by atoms with Gasteiger partial charge >= 0.3 is 0 Å². The molecule has 0 saturated carbocycles. The Kier molecular flexibility index (Phi) is 4.92. The zero-order chi connectivity index (χ0) is 20.5. The van der Waals surface area contributed by atoms with E-state index in [0.717, 1.165) is 33.9 Å². The maximum atomic E-state index is 12.5. The molecule has 29 heavy (non-hydrogen) atoms. The molecule has 0 fully saturated rings. The Labute approximate surface area is 170 Å². The number of carbonyl (C=O) groups is 1. The number of aryl methyl sites for hydroxylation is 4. The van der Waals surface area contributed by atoms with Gasteiger partial charge in [0.2, 0.25) is 0 Å². The highest BCUT2D eigenvalue weighted by atomic mass is 16.1. The first kappa shape index (κ1) is 18.9. The molecule has 4 rings (SSSR count). The van der Waals surface area contributed by atoms with Crippen LogP contribution in [0.3, 0.4) is 0 Å². The van der Waals surface area contributed by atoms with Gasteiger partial charge in [0, 0.05) is 24.2 Å². The molecule has 0 aliphatic heterocycles. The second kappa shape index (κ2) is 7.54. The normalized spacial score (nSPS) is 11.2. The molecule has 0 aliphatic carbocycles. The lowest BCUT2D eigenvalue weighted by atomic mass is 10.1. The Hall–Kier alpha value is -3.41. The van der Waals surface area contributed by atoms with Crippen molar-refractivity contribution in [3.8, 4) is 5.69 Å². The molecule has 0 atom stereocenters. The zero-order valence-electron chi connectivity index (χ0n) is 17.2. The number of H-pyrrole nitrogens is 1. The zero-order valence-corrected chi connectivity index (χ0v) is 17.2. The van der Waals surface area contributed by atoms with Crippen LogP contribution in [0.15, 0.2) is 42.5 Å². The number of fused-ring (bicyclic) bond motifs is 1. The maximum Gasteiger partial charge on any atom is 0.251 e. The molecule has 2 aromatic heterocycles. The van der Waals surface area contributed by atoms with Crippen molar-refractivity contribution in [2.45, 2.75) is 34.1 Å². The van der Waals surface area contributed by atoms with Crippen LogP contribution in [0.2, 0.25) is 0 Å². The van der Waals surface area contributed by atoms with E-state index in [1.807, 2.05) is 48.9 Å². The van der Waals surface area contributed by atoms with Crippen LogP contribution >= 0.6 is 0 Å². The number of rotatable bonds is 5. The van der Waals surface area contributed by atoms with Gasteiger partial charge < -0.3 is 10.3 Å². The predicted octanol–water partition coefficient (Wildman–Crippen LogP) is 3.95. The molecule has 4 aromatic rings. The van der Waals surface area contributed by atoms with E-state index in [1.54, 1.807) is 0 Å². The van der Waals surface area contributed by atoms with E-state index in [2.05, 4.69) is 46.4 Å². The van der Waals surface area contributed by atoms with Crippen LogP contribution in [-0.2, 0) is 6.42 Å². The highest BCUT2D eigenvalue weighted by Crippen LogP contribution is 2.17. The number of hydrogen-bond donors (Lipinski definition) is 2. The van der Waals surface area contributed by atoms with E-state index in [1.165, 1.54) is 11.1 Å². The van der Waals surface area contributed by atoms with Crippen molar-refractivity contribution in [2.75, 3.05) is 6.54 Å². The van der Waals surface area contributed by atoms with Gasteiger partial charge in [-0.2, -0.15) is 5.10 Å². The van der Waals surface area contributed by atoms with Crippen molar-refractivity contribution in [3.63, 3.8) is 0 Å². The summed E-state index contributed by atoms with van der Waals surface area (Å²) in [4.78, 5) is 20.4. The Balaban J connectivity index is 1.38. The van der Waals surface area contributed by atoms with Gasteiger partial charge in [-0.1, -0.05) is 0 Å². The van der Waals surface area contributed by atoms with Crippen LogP contribution < -0.4 is 5.32 Å². The smallest absolute Gasteiger partial charge is 0.251 e. The average Bonchev–Trinajstić information content (AvgIpc) is 3.23. The van der Waals surface area contributed by atoms with Gasteiger partial charge in [0.15, 0.2) is 0 Å². The van der Waals surface area contributed by atoms with Crippen LogP contribution in [0.4, 0.5) is 0 Å². The van der Waals surface area contributed by atoms with Crippen LogP contribution in [0, 0.1) is 27.7 Å². The molecule has 0 saturated heterocycles. The van der Waals surface area contributed by atoms with E-state index in [-0.39, 0.29) is 5.91 Å². The van der Waals surface area contributed by atoms with Crippen molar-refractivity contribution in [2.24, 2.45) is 0 Å². The Morgan fingerprint density at radius 2 is 1.76 bits per heavy atom. The fourth-order valence-electron chi connectivity index (χ4n) is 3.48. The summed E-state index contributed by atoms with van der Waals surface area (Å²) < 4.78 is 1.88. The number of imidazole rings is 1. The van der Waals surface area contributed by atoms with Crippen LogP contribution in [0.1, 0.15) is 38.7 Å². The van der Waals surface area contributed by atoms with Gasteiger partial charge in [-0.25, -0.2) is 9.67 Å². The maximum absolute atomic E-state index is 12.5. The summed E-state index contributed by atoms with van der Waals surface area (Å²) in [6.07, 6.45) is 0.655. The van der Waals surface area contributed by atoms with Crippen LogP contribution in [0.5, 0.6) is 0 Å². The molecular formula is C23H25N5O. The fourth-order valence-corrected chi connectivity index (χ4v) is 3.48. The Bertz CT molecular complexity index is 1150. The summed E-state index contributed by atoms with van der Waals surface area (Å²) in [6, 6.07) is 13.7. The summed E-state index contributed by atoms with van der Waals surface area (Å²) in [5.41, 5.74) is 8.09. The molecule has 2 N–H and O–H groups in total. The Morgan fingerprint density at radius 3 is 2.45 bits per heavy atom. The van der Waals surface area contributed by atoms with Crippen LogP contribution in [-0.4, -0.2) is 32.2 Å². The van der Waals surface area contributed by atoms with Gasteiger partial charge in [-0.15, -0.1) is 0 Å². The van der Waals surface area contributed by atoms with Gasteiger partial charge in [-0.05, 0) is 81.3 Å². The number of benzene rings is 2. The van der Waals surface area contributed by atoms with Crippen molar-refractivity contribution in [3.05, 3.63) is 76.4 Å². The molecule has 2 heterocycles. The largest absolute Gasteiger partial charge is 0.352 e. The number of hydrogen-bond acceptors (Lipinski definition) is 3. The molecule has 2 aromatic carbocycles. The van der Waals surface area contributed by atoms with Gasteiger partial charge in [0.25, 0.3) is 5.91 Å². The van der Waals surface area contributed by atoms with E-state index in [0.29, 0.717) is 18.5 Å². The van der Waals surface area contributed by atoms with Gasteiger partial charge in [0.05, 0.1) is 22.4 Å². The summed E-state index contributed by atoms with van der Waals surface area (Å²) >= 11 is 0. The fraction of sp³-hybridized carbons (Fsp3) is 0.261. The lowest BCUT2D eigenvalue weighted by Gasteiger charge is -2.07. The molecule has 1 amide bonds. The Morgan fingerprint density at radius 1 is 1.03 bits per heavy atom. The second-order valence-corrected chi connectivity index (χ2v) is 7.53. The number of aromatic nitrogens is 4. The monoisotopic (exact) mass is 387 g/mol. The van der Waals surface area contributed by atoms with Gasteiger partial charge in [-0.3, -0.25) is 4.79 Å². The number of carbonyl (C=O) groups excluding carboxylic acids is 1. The molecule has 0 unspecified atom stereocenters. The molecule has 0 radical (unpaired) electrons. The SMILES string of the molecule is Cc1cc(C)n(-c2ccc(C(=O)NCCc3nc4cc(C)c(C)cc4[nH]3)cc2)n1. The van der Waals surface area contributed by atoms with Crippen molar-refractivity contribution in [1.29, 1.82) is 0 Å². The standard InChI is InChI=1S/C23H25N5O/c1-14-11-20-21(12-15(14)2)26-22(25-20)9-10-24-23(29)18-5-7-19(8-6-18)28-17(4)13-16(3)27-28/h5-8,11-13H,9-10H2,1-4H3,(H,24,29)(H,25,26). The van der Waals surface area contributed by atoms with Crippen molar-refractivity contribution >= 4 is 16.9 Å².